The number of aryl methyl sites for hydroxylation is 1. The number of nitrogens with zero attached hydrogens (tertiary/aromatic N) is 1. The lowest BCUT2D eigenvalue weighted by atomic mass is 10.1. The van der Waals surface area contributed by atoms with Crippen LogP contribution >= 0.6 is 11.3 Å². The van der Waals surface area contributed by atoms with Crippen LogP contribution in [0.15, 0.2) is 28.4 Å². The standard InChI is InChI=1S/C15H17NO3S/c1-9-7-13(17)16(11(3)14(9)15(18)19)10(2)8-12-5-4-6-20-12/h4-7,10H,8H2,1-3H3,(H,18,19). The minimum absolute atomic E-state index is 0.0696. The highest BCUT2D eigenvalue weighted by Gasteiger charge is 2.19. The van der Waals surface area contributed by atoms with E-state index < -0.39 is 5.97 Å². The average Bonchev–Trinajstić information content (AvgIpc) is 2.79. The summed E-state index contributed by atoms with van der Waals surface area (Å²) in [7, 11) is 0. The van der Waals surface area contributed by atoms with E-state index in [-0.39, 0.29) is 17.2 Å². The molecule has 0 bridgehead atoms. The number of carboxylic acid groups (broad SMARTS) is 1. The third-order valence-electron chi connectivity index (χ3n) is 3.43. The topological polar surface area (TPSA) is 59.3 Å². The number of hydrogen-bond donors (Lipinski definition) is 1. The normalized spacial score (nSPS) is 12.3. The summed E-state index contributed by atoms with van der Waals surface area (Å²) >= 11 is 1.64. The minimum Gasteiger partial charge on any atom is -0.478 e. The molecule has 1 atom stereocenters. The van der Waals surface area contributed by atoms with Crippen molar-refractivity contribution in [1.82, 2.24) is 4.57 Å². The summed E-state index contributed by atoms with van der Waals surface area (Å²) in [5.74, 6) is -0.989. The summed E-state index contributed by atoms with van der Waals surface area (Å²) in [4.78, 5) is 24.7. The molecule has 0 spiro atoms. The summed E-state index contributed by atoms with van der Waals surface area (Å²) < 4.78 is 1.58. The van der Waals surface area contributed by atoms with Crippen molar-refractivity contribution in [2.45, 2.75) is 33.2 Å². The predicted molar refractivity (Wildman–Crippen MR) is 79.9 cm³/mol. The summed E-state index contributed by atoms with van der Waals surface area (Å²) in [6.45, 7) is 5.30. The number of carbonyl (C=O) groups is 1. The Bertz CT molecular complexity index is 686. The van der Waals surface area contributed by atoms with Crippen LogP contribution in [0, 0.1) is 13.8 Å². The van der Waals surface area contributed by atoms with Crippen LogP contribution in [0.2, 0.25) is 0 Å². The molecule has 0 amide bonds. The molecule has 0 radical (unpaired) electrons. The van der Waals surface area contributed by atoms with Gasteiger partial charge in [0, 0.05) is 29.1 Å². The van der Waals surface area contributed by atoms with Gasteiger partial charge in [-0.3, -0.25) is 4.79 Å². The van der Waals surface area contributed by atoms with E-state index >= 15 is 0 Å². The molecule has 5 heteroatoms. The number of thiophene rings is 1. The molecule has 2 heterocycles. The van der Waals surface area contributed by atoms with E-state index in [1.165, 1.54) is 10.9 Å². The average molecular weight is 291 g/mol. The molecule has 0 aliphatic heterocycles. The number of aromatic nitrogens is 1. The molecule has 1 N–H and O–H groups in total. The Morgan fingerprint density at radius 2 is 2.15 bits per heavy atom. The van der Waals surface area contributed by atoms with E-state index in [1.54, 1.807) is 29.8 Å². The van der Waals surface area contributed by atoms with Crippen molar-refractivity contribution in [1.29, 1.82) is 0 Å². The van der Waals surface area contributed by atoms with Crippen LogP contribution in [-0.2, 0) is 6.42 Å². The number of aromatic carboxylic acids is 1. The van der Waals surface area contributed by atoms with Crippen molar-refractivity contribution >= 4 is 17.3 Å². The molecule has 20 heavy (non-hydrogen) atoms. The van der Waals surface area contributed by atoms with Crippen LogP contribution in [0.25, 0.3) is 0 Å². The Kier molecular flexibility index (Phi) is 4.09. The van der Waals surface area contributed by atoms with E-state index in [0.717, 1.165) is 6.42 Å². The highest BCUT2D eigenvalue weighted by Crippen LogP contribution is 2.20. The summed E-state index contributed by atoms with van der Waals surface area (Å²) in [5, 5.41) is 11.3. The van der Waals surface area contributed by atoms with Crippen LogP contribution < -0.4 is 5.56 Å². The van der Waals surface area contributed by atoms with Crippen LogP contribution in [0.5, 0.6) is 0 Å². The van der Waals surface area contributed by atoms with E-state index in [2.05, 4.69) is 0 Å². The van der Waals surface area contributed by atoms with E-state index in [0.29, 0.717) is 11.3 Å². The maximum Gasteiger partial charge on any atom is 0.337 e. The van der Waals surface area contributed by atoms with Crippen LogP contribution in [-0.4, -0.2) is 15.6 Å². The Morgan fingerprint density at radius 3 is 2.70 bits per heavy atom. The molecule has 0 aromatic carbocycles. The summed E-state index contributed by atoms with van der Waals surface area (Å²) in [6, 6.07) is 5.33. The fourth-order valence-electron chi connectivity index (χ4n) is 2.58. The van der Waals surface area contributed by atoms with Crippen LogP contribution in [0.1, 0.15) is 39.5 Å². The fraction of sp³-hybridized carbons (Fsp3) is 0.333. The maximum absolute atomic E-state index is 12.2. The van der Waals surface area contributed by atoms with Gasteiger partial charge in [0.15, 0.2) is 0 Å². The fourth-order valence-corrected chi connectivity index (χ4v) is 3.41. The SMILES string of the molecule is Cc1cc(=O)n(C(C)Cc2cccs2)c(C)c1C(=O)O. The molecule has 2 aromatic rings. The molecule has 2 aromatic heterocycles. The number of rotatable bonds is 4. The zero-order valence-corrected chi connectivity index (χ0v) is 12.5. The largest absolute Gasteiger partial charge is 0.478 e. The van der Waals surface area contributed by atoms with Gasteiger partial charge in [-0.25, -0.2) is 4.79 Å². The maximum atomic E-state index is 12.2. The lowest BCUT2D eigenvalue weighted by Crippen LogP contribution is -2.28. The monoisotopic (exact) mass is 291 g/mol. The van der Waals surface area contributed by atoms with E-state index in [4.69, 9.17) is 0 Å². The summed E-state index contributed by atoms with van der Waals surface area (Å²) in [5.41, 5.74) is 1.11. The number of hydrogen-bond acceptors (Lipinski definition) is 3. The van der Waals surface area contributed by atoms with Gasteiger partial charge in [-0.1, -0.05) is 6.07 Å². The predicted octanol–water partition coefficient (Wildman–Crippen LogP) is 3.03. The Hall–Kier alpha value is -1.88. The highest BCUT2D eigenvalue weighted by molar-refractivity contribution is 7.09. The van der Waals surface area contributed by atoms with Crippen molar-refractivity contribution in [2.75, 3.05) is 0 Å². The van der Waals surface area contributed by atoms with Gasteiger partial charge in [-0.15, -0.1) is 11.3 Å². The lowest BCUT2D eigenvalue weighted by Gasteiger charge is -2.20. The molecule has 106 valence electrons. The van der Waals surface area contributed by atoms with Gasteiger partial charge in [-0.05, 0) is 37.8 Å². The first kappa shape index (κ1) is 14.5. The molecule has 2 rings (SSSR count). The molecule has 0 saturated carbocycles. The lowest BCUT2D eigenvalue weighted by molar-refractivity contribution is 0.0694. The highest BCUT2D eigenvalue weighted by atomic mass is 32.1. The molecule has 0 aliphatic carbocycles. The van der Waals surface area contributed by atoms with E-state index in [9.17, 15) is 14.7 Å². The second-order valence-corrected chi connectivity index (χ2v) is 5.97. The molecule has 1 unspecified atom stereocenters. The third kappa shape index (κ3) is 2.67. The smallest absolute Gasteiger partial charge is 0.337 e. The molecular formula is C15H17NO3S. The Balaban J connectivity index is 2.48. The second kappa shape index (κ2) is 5.63. The second-order valence-electron chi connectivity index (χ2n) is 4.93. The number of pyridine rings is 1. The first-order valence-electron chi connectivity index (χ1n) is 6.40. The van der Waals surface area contributed by atoms with Crippen molar-refractivity contribution in [3.8, 4) is 0 Å². The summed E-state index contributed by atoms with van der Waals surface area (Å²) in [6.07, 6.45) is 0.723. The zero-order valence-electron chi connectivity index (χ0n) is 11.7. The molecular weight excluding hydrogens is 274 g/mol. The van der Waals surface area contributed by atoms with Crippen molar-refractivity contribution < 1.29 is 9.90 Å². The zero-order chi connectivity index (χ0) is 14.9. The van der Waals surface area contributed by atoms with Crippen molar-refractivity contribution in [3.63, 3.8) is 0 Å². The van der Waals surface area contributed by atoms with Crippen LogP contribution in [0.3, 0.4) is 0 Å². The third-order valence-corrected chi connectivity index (χ3v) is 4.32. The van der Waals surface area contributed by atoms with Gasteiger partial charge in [0.05, 0.1) is 5.56 Å². The first-order valence-corrected chi connectivity index (χ1v) is 7.28. The molecule has 0 fully saturated rings. The van der Waals surface area contributed by atoms with Crippen LogP contribution in [0.4, 0.5) is 0 Å². The van der Waals surface area contributed by atoms with Gasteiger partial charge in [0.25, 0.3) is 5.56 Å². The molecule has 0 aliphatic rings. The quantitative estimate of drug-likeness (QED) is 0.942. The molecule has 0 saturated heterocycles. The molecule has 4 nitrogen and oxygen atoms in total. The number of carboxylic acids is 1. The first-order chi connectivity index (χ1) is 9.41. The van der Waals surface area contributed by atoms with Gasteiger partial charge in [0.2, 0.25) is 0 Å². The van der Waals surface area contributed by atoms with E-state index in [1.807, 2.05) is 24.4 Å². The van der Waals surface area contributed by atoms with Gasteiger partial charge in [-0.2, -0.15) is 0 Å². The minimum atomic E-state index is -0.989. The van der Waals surface area contributed by atoms with Gasteiger partial charge < -0.3 is 9.67 Å². The van der Waals surface area contributed by atoms with Gasteiger partial charge >= 0.3 is 5.97 Å². The van der Waals surface area contributed by atoms with Gasteiger partial charge in [0.1, 0.15) is 0 Å². The Labute approximate surface area is 121 Å². The van der Waals surface area contributed by atoms with Crippen molar-refractivity contribution in [2.24, 2.45) is 0 Å². The Morgan fingerprint density at radius 1 is 1.45 bits per heavy atom. The van der Waals surface area contributed by atoms with Crippen molar-refractivity contribution in [3.05, 3.63) is 55.6 Å².